The third kappa shape index (κ3) is 13.3. The number of rotatable bonds is 11. The van der Waals surface area contributed by atoms with Crippen molar-refractivity contribution in [1.29, 1.82) is 0 Å². The molecule has 2 saturated carbocycles. The molecule has 2 aliphatic rings. The van der Waals surface area contributed by atoms with E-state index in [1.54, 1.807) is 0 Å². The van der Waals surface area contributed by atoms with Gasteiger partial charge >= 0.3 is 0 Å². The van der Waals surface area contributed by atoms with Crippen LogP contribution in [-0.4, -0.2) is 20.9 Å². The van der Waals surface area contributed by atoms with Gasteiger partial charge < -0.3 is 15.1 Å². The van der Waals surface area contributed by atoms with E-state index in [9.17, 15) is 9.90 Å². The first-order valence-corrected chi connectivity index (χ1v) is 24.0. The van der Waals surface area contributed by atoms with Crippen molar-refractivity contribution in [1.82, 2.24) is 9.97 Å². The van der Waals surface area contributed by atoms with Crippen LogP contribution in [0.25, 0.3) is 44.1 Å². The molecule has 0 aliphatic heterocycles. The SMILES string of the molecule is CCC(CC)C(=O)/C=C(\O)C(CC)CC.[2H]c1cc2cc(C3CCCCC3)ccc2c(-c2[c-]c(C)cc(C)c2)n1.[2H]c1nc(-c2[c-]c(C)cc(C)c2)c2ccc(C3CCCCC3)cc2c1[2H].[Ir]. The van der Waals surface area contributed by atoms with Gasteiger partial charge in [0.05, 0.1) is 9.87 Å². The minimum Gasteiger partial charge on any atom is -0.512 e. The molecule has 2 heterocycles. The molecule has 5 heteroatoms. The van der Waals surface area contributed by atoms with E-state index in [0.29, 0.717) is 18.0 Å². The Bertz CT molecular complexity index is 2600. The fraction of sp³-hybridized carbons (Fsp3) is 0.441. The third-order valence-corrected chi connectivity index (χ3v) is 13.4. The average molecular weight is 1040 g/mol. The van der Waals surface area contributed by atoms with Gasteiger partial charge in [-0.25, -0.2) is 0 Å². The van der Waals surface area contributed by atoms with Gasteiger partial charge in [0.2, 0.25) is 0 Å². The van der Waals surface area contributed by atoms with Crippen molar-refractivity contribution < 1.29 is 34.1 Å². The number of aromatic nitrogens is 2. The minimum atomic E-state index is 0. The maximum atomic E-state index is 11.7. The number of aliphatic hydroxyl groups excluding tert-OH is 1. The Morgan fingerprint density at radius 1 is 0.641 bits per heavy atom. The summed E-state index contributed by atoms with van der Waals surface area (Å²) in [6.07, 6.45) is 18.3. The van der Waals surface area contributed by atoms with Gasteiger partial charge in [-0.2, -0.15) is 0 Å². The summed E-state index contributed by atoms with van der Waals surface area (Å²) < 4.78 is 24.7. The van der Waals surface area contributed by atoms with Crippen molar-refractivity contribution in [3.63, 3.8) is 0 Å². The molecule has 2 fully saturated rings. The summed E-state index contributed by atoms with van der Waals surface area (Å²) in [5.41, 5.74) is 10.8. The molecule has 0 saturated heterocycles. The summed E-state index contributed by atoms with van der Waals surface area (Å²) in [6, 6.07) is 30.5. The van der Waals surface area contributed by atoms with Crippen molar-refractivity contribution in [2.75, 3.05) is 0 Å². The van der Waals surface area contributed by atoms with Crippen molar-refractivity contribution >= 4 is 27.3 Å². The molecule has 0 atom stereocenters. The molecule has 8 rings (SSSR count). The maximum absolute atomic E-state index is 11.7. The van der Waals surface area contributed by atoms with Crippen LogP contribution in [0.1, 0.15) is 167 Å². The number of nitrogens with zero attached hydrogens (tertiary/aromatic N) is 2. The van der Waals surface area contributed by atoms with Crippen LogP contribution in [0.3, 0.4) is 0 Å². The molecule has 6 aromatic rings. The van der Waals surface area contributed by atoms with E-state index in [1.807, 2.05) is 40.7 Å². The van der Waals surface area contributed by atoms with Gasteiger partial charge in [0, 0.05) is 50.4 Å². The summed E-state index contributed by atoms with van der Waals surface area (Å²) in [7, 11) is 0. The van der Waals surface area contributed by atoms with Crippen molar-refractivity contribution in [2.45, 2.75) is 157 Å². The van der Waals surface area contributed by atoms with Crippen molar-refractivity contribution in [3.8, 4) is 22.5 Å². The van der Waals surface area contributed by atoms with Crippen LogP contribution in [0, 0.1) is 51.7 Å². The van der Waals surface area contributed by atoms with Crippen LogP contribution in [0.2, 0.25) is 0 Å². The van der Waals surface area contributed by atoms with Gasteiger partial charge in [-0.05, 0) is 119 Å². The second-order valence-electron chi connectivity index (χ2n) is 18.3. The zero-order valence-electron chi connectivity index (χ0n) is 42.7. The van der Waals surface area contributed by atoms with Gasteiger partial charge in [0.15, 0.2) is 5.78 Å². The molecular formula is C59H72IrN2O2-2. The number of allylic oxidation sites excluding steroid dienone is 2. The van der Waals surface area contributed by atoms with Gasteiger partial charge in [-0.1, -0.05) is 130 Å². The normalized spacial score (nSPS) is 15.4. The molecule has 1 N–H and O–H groups in total. The van der Waals surface area contributed by atoms with Crippen molar-refractivity contribution in [3.05, 3.63) is 142 Å². The molecular weight excluding hydrogens is 961 g/mol. The molecule has 0 amide bonds. The first-order valence-electron chi connectivity index (χ1n) is 25.5. The number of aliphatic hydroxyl groups is 1. The number of fused-ring (bicyclic) bond motifs is 2. The number of benzene rings is 4. The summed E-state index contributed by atoms with van der Waals surface area (Å²) >= 11 is 0. The Hall–Kier alpha value is -4.44. The van der Waals surface area contributed by atoms with E-state index in [4.69, 9.17) is 4.11 Å². The Kier molecular flexibility index (Phi) is 17.8. The van der Waals surface area contributed by atoms with E-state index >= 15 is 0 Å². The first-order chi connectivity index (χ1) is 31.7. The van der Waals surface area contributed by atoms with E-state index < -0.39 is 0 Å². The smallest absolute Gasteiger partial charge is 0.162 e. The van der Waals surface area contributed by atoms with Gasteiger partial charge in [-0.15, -0.1) is 69.8 Å². The van der Waals surface area contributed by atoms with Crippen LogP contribution < -0.4 is 0 Å². The van der Waals surface area contributed by atoms with Crippen LogP contribution in [0.15, 0.2) is 97.0 Å². The number of hydrogen-bond donors (Lipinski definition) is 1. The Balaban J connectivity index is 0.000000194. The number of carbonyl (C=O) groups excluding carboxylic acids is 1. The molecule has 2 aliphatic carbocycles. The van der Waals surface area contributed by atoms with Crippen LogP contribution in [0.4, 0.5) is 0 Å². The molecule has 64 heavy (non-hydrogen) atoms. The molecule has 4 aromatic carbocycles. The fourth-order valence-corrected chi connectivity index (χ4v) is 9.83. The first kappa shape index (κ1) is 46.1. The summed E-state index contributed by atoms with van der Waals surface area (Å²) in [5, 5.41) is 13.8. The quantitative estimate of drug-likeness (QED) is 0.0798. The van der Waals surface area contributed by atoms with E-state index in [0.717, 1.165) is 86.4 Å². The molecule has 1 radical (unpaired) electrons. The Labute approximate surface area is 403 Å². The summed E-state index contributed by atoms with van der Waals surface area (Å²) in [6.45, 7) is 16.3. The molecule has 0 spiro atoms. The zero-order valence-corrected chi connectivity index (χ0v) is 42.1. The van der Waals surface area contributed by atoms with E-state index in [1.165, 1.54) is 87.0 Å². The van der Waals surface area contributed by atoms with Crippen LogP contribution in [-0.2, 0) is 24.9 Å². The number of hydrogen-bond acceptors (Lipinski definition) is 4. The number of aryl methyl sites for hydroxylation is 4. The van der Waals surface area contributed by atoms with E-state index in [2.05, 4.69) is 104 Å². The van der Waals surface area contributed by atoms with Crippen molar-refractivity contribution in [2.24, 2.45) is 11.8 Å². The Morgan fingerprint density at radius 2 is 1.09 bits per heavy atom. The standard InChI is InChI=1S/2C23H24N.C13H24O2.Ir/c2*1-16-12-17(2)14-21(13-16)23-22-9-8-19(15-20(22)10-11-24-23)18-6-4-3-5-7-18;1-5-10(6-2)12(14)9-13(15)11(7-3)8-4;/h2*8-13,15,18H,3-7H2,1-2H3;9-11,14H,5-8H2,1-4H3;/q2*-1;;/b;;12-9-;/i10D,11D;11D;;. The summed E-state index contributed by atoms with van der Waals surface area (Å²) in [4.78, 5) is 20.7. The predicted octanol–water partition coefficient (Wildman–Crippen LogP) is 16.6. The number of ketones is 1. The topological polar surface area (TPSA) is 63.1 Å². The van der Waals surface area contributed by atoms with Gasteiger partial charge in [-0.3, -0.25) is 4.79 Å². The number of carbonyl (C=O) groups is 1. The minimum absolute atomic E-state index is 0. The van der Waals surface area contributed by atoms with Crippen LogP contribution in [0.5, 0.6) is 0 Å². The third-order valence-electron chi connectivity index (χ3n) is 13.4. The average Bonchev–Trinajstić information content (AvgIpc) is 3.30. The van der Waals surface area contributed by atoms with Crippen LogP contribution >= 0.6 is 0 Å². The largest absolute Gasteiger partial charge is 0.512 e. The Morgan fingerprint density at radius 3 is 1.56 bits per heavy atom. The number of pyridine rings is 2. The molecule has 2 aromatic heterocycles. The maximum Gasteiger partial charge on any atom is 0.162 e. The molecule has 0 unspecified atom stereocenters. The van der Waals surface area contributed by atoms with Gasteiger partial charge in [0.25, 0.3) is 0 Å². The summed E-state index contributed by atoms with van der Waals surface area (Å²) in [5.74, 6) is 1.81. The fourth-order valence-electron chi connectivity index (χ4n) is 9.83. The second kappa shape index (κ2) is 24.7. The van der Waals surface area contributed by atoms with Gasteiger partial charge in [0.1, 0.15) is 0 Å². The molecule has 341 valence electrons. The van der Waals surface area contributed by atoms with E-state index in [-0.39, 0.29) is 55.7 Å². The monoisotopic (exact) mass is 1040 g/mol. The molecule has 0 bridgehead atoms. The zero-order chi connectivity index (χ0) is 47.5. The second-order valence-corrected chi connectivity index (χ2v) is 18.3. The predicted molar refractivity (Wildman–Crippen MR) is 266 cm³/mol. The molecule has 4 nitrogen and oxygen atoms in total.